The van der Waals surface area contributed by atoms with Gasteiger partial charge in [0, 0.05) is 8.80 Å². The van der Waals surface area contributed by atoms with Gasteiger partial charge in [0.1, 0.15) is 0 Å². The van der Waals surface area contributed by atoms with Gasteiger partial charge >= 0.3 is 0 Å². The van der Waals surface area contributed by atoms with Crippen LogP contribution in [0.5, 0.6) is 0 Å². The molecule has 0 aliphatic heterocycles. The predicted octanol–water partition coefficient (Wildman–Crippen LogP) is 5.21. The molecule has 0 nitrogen and oxygen atoms in total. The van der Waals surface area contributed by atoms with E-state index in [1.165, 1.54) is 18.9 Å². The minimum absolute atomic E-state index is 0.444. The van der Waals surface area contributed by atoms with Gasteiger partial charge in [-0.15, -0.1) is 6.58 Å². The summed E-state index contributed by atoms with van der Waals surface area (Å²) in [6, 6.07) is 1.44. The van der Waals surface area contributed by atoms with Gasteiger partial charge in [-0.3, -0.25) is 0 Å². The van der Waals surface area contributed by atoms with Crippen molar-refractivity contribution in [2.24, 2.45) is 23.2 Å². The van der Waals surface area contributed by atoms with Gasteiger partial charge in [-0.2, -0.15) is 0 Å². The van der Waals surface area contributed by atoms with Crippen molar-refractivity contribution >= 4 is 8.80 Å². The molecule has 0 amide bonds. The number of rotatable bonds is 4. The highest BCUT2D eigenvalue weighted by molar-refractivity contribution is 6.59. The van der Waals surface area contributed by atoms with Gasteiger partial charge < -0.3 is 0 Å². The lowest BCUT2D eigenvalue weighted by molar-refractivity contribution is 0.202. The normalized spacial score (nSPS) is 35.2. The number of hydrogen-bond acceptors (Lipinski definition) is 0. The van der Waals surface area contributed by atoms with Gasteiger partial charge in [-0.1, -0.05) is 63.7 Å². The van der Waals surface area contributed by atoms with Crippen molar-refractivity contribution in [2.45, 2.75) is 51.7 Å². The molecule has 0 N–H and O–H groups in total. The summed E-state index contributed by atoms with van der Waals surface area (Å²) in [4.78, 5) is 0. The van der Waals surface area contributed by atoms with Crippen molar-refractivity contribution in [1.29, 1.82) is 0 Å². The Bertz CT molecular complexity index is 372. The van der Waals surface area contributed by atoms with E-state index in [4.69, 9.17) is 0 Å². The second kappa shape index (κ2) is 5.83. The zero-order chi connectivity index (χ0) is 14.0. The third-order valence-corrected chi connectivity index (χ3v) is 8.80. The molecule has 2 aliphatic carbocycles. The topological polar surface area (TPSA) is 0 Å². The molecule has 2 rings (SSSR count). The summed E-state index contributed by atoms with van der Waals surface area (Å²) in [5, 5.41) is 0. The van der Waals surface area contributed by atoms with Gasteiger partial charge in [0.15, 0.2) is 0 Å². The fraction of sp³-hybridized carbons (Fsp3) is 0.667. The summed E-state index contributed by atoms with van der Waals surface area (Å²) in [6.45, 7) is 13.8. The molecule has 0 heterocycles. The standard InChI is InChI=1S/C18H30Si/c1-6-7-12-19(5)17-13-16(18(2,3)4)14-10-8-9-11-15(14)17/h6,8-11,14-17,19H,1,7,12-13H2,2-5H3. The van der Waals surface area contributed by atoms with Crippen LogP contribution in [0.3, 0.4) is 0 Å². The Labute approximate surface area is 121 Å². The molecule has 1 heteroatoms. The quantitative estimate of drug-likeness (QED) is 0.487. The molecule has 5 unspecified atom stereocenters. The van der Waals surface area contributed by atoms with Gasteiger partial charge in [-0.05, 0) is 41.6 Å². The third-order valence-electron chi connectivity index (χ3n) is 5.38. The van der Waals surface area contributed by atoms with E-state index in [0.717, 1.165) is 23.3 Å². The molecule has 0 radical (unpaired) electrons. The van der Waals surface area contributed by atoms with Crippen LogP contribution in [0, 0.1) is 23.2 Å². The second-order valence-corrected chi connectivity index (χ2v) is 11.0. The van der Waals surface area contributed by atoms with Crippen LogP contribution in [0.25, 0.3) is 0 Å². The highest BCUT2D eigenvalue weighted by atomic mass is 28.3. The van der Waals surface area contributed by atoms with E-state index in [1.807, 2.05) is 0 Å². The molecule has 1 fully saturated rings. The molecule has 0 saturated heterocycles. The minimum atomic E-state index is -0.633. The van der Waals surface area contributed by atoms with E-state index in [9.17, 15) is 0 Å². The van der Waals surface area contributed by atoms with Crippen LogP contribution >= 0.6 is 0 Å². The zero-order valence-electron chi connectivity index (χ0n) is 13.1. The molecule has 106 valence electrons. The highest BCUT2D eigenvalue weighted by Crippen LogP contribution is 2.55. The number of allylic oxidation sites excluding steroid dienone is 5. The van der Waals surface area contributed by atoms with Gasteiger partial charge in [-0.25, -0.2) is 0 Å². The summed E-state index contributed by atoms with van der Waals surface area (Å²) in [7, 11) is -0.633. The average Bonchev–Trinajstić information content (AvgIpc) is 2.75. The van der Waals surface area contributed by atoms with Crippen LogP contribution in [-0.2, 0) is 0 Å². The molecule has 1 saturated carbocycles. The minimum Gasteiger partial charge on any atom is -0.103 e. The molecule has 19 heavy (non-hydrogen) atoms. The Balaban J connectivity index is 2.15. The first-order valence-corrected chi connectivity index (χ1v) is 10.5. The van der Waals surface area contributed by atoms with Crippen molar-refractivity contribution in [3.05, 3.63) is 37.0 Å². The lowest BCUT2D eigenvalue weighted by Crippen LogP contribution is -2.25. The first-order chi connectivity index (χ1) is 8.95. The maximum Gasteiger partial charge on any atom is 0.0378 e. The Hall–Kier alpha value is -0.563. The molecular weight excluding hydrogens is 244 g/mol. The molecule has 0 aromatic rings. The first-order valence-electron chi connectivity index (χ1n) is 7.91. The van der Waals surface area contributed by atoms with Gasteiger partial charge in [0.25, 0.3) is 0 Å². The van der Waals surface area contributed by atoms with Crippen LogP contribution in [0.2, 0.25) is 18.1 Å². The molecule has 0 bridgehead atoms. The van der Waals surface area contributed by atoms with E-state index in [1.54, 1.807) is 0 Å². The zero-order valence-corrected chi connectivity index (χ0v) is 14.3. The maximum atomic E-state index is 3.89. The number of fused-ring (bicyclic) bond motifs is 1. The lowest BCUT2D eigenvalue weighted by atomic mass is 9.72. The molecule has 0 spiro atoms. The highest BCUT2D eigenvalue weighted by Gasteiger charge is 2.47. The summed E-state index contributed by atoms with van der Waals surface area (Å²) < 4.78 is 0. The predicted molar refractivity (Wildman–Crippen MR) is 89.2 cm³/mol. The van der Waals surface area contributed by atoms with Crippen LogP contribution in [0.15, 0.2) is 37.0 Å². The molecular formula is C18H30Si. The van der Waals surface area contributed by atoms with Crippen LogP contribution in [0.4, 0.5) is 0 Å². The third kappa shape index (κ3) is 3.13. The first kappa shape index (κ1) is 14.8. The van der Waals surface area contributed by atoms with E-state index in [2.05, 4.69) is 64.3 Å². The van der Waals surface area contributed by atoms with Crippen LogP contribution in [-0.4, -0.2) is 8.80 Å². The van der Waals surface area contributed by atoms with Crippen LogP contribution in [0.1, 0.15) is 33.6 Å². The van der Waals surface area contributed by atoms with Crippen LogP contribution < -0.4 is 0 Å². The van der Waals surface area contributed by atoms with Gasteiger partial charge in [0.05, 0.1) is 0 Å². The van der Waals surface area contributed by atoms with E-state index in [0.29, 0.717) is 5.41 Å². The van der Waals surface area contributed by atoms with Gasteiger partial charge in [0.2, 0.25) is 0 Å². The van der Waals surface area contributed by atoms with E-state index in [-0.39, 0.29) is 0 Å². The second-order valence-electron chi connectivity index (χ2n) is 7.64. The fourth-order valence-corrected chi connectivity index (χ4v) is 7.31. The van der Waals surface area contributed by atoms with Crippen molar-refractivity contribution in [1.82, 2.24) is 0 Å². The largest absolute Gasteiger partial charge is 0.103 e. The monoisotopic (exact) mass is 274 g/mol. The van der Waals surface area contributed by atoms with E-state index < -0.39 is 8.80 Å². The summed E-state index contributed by atoms with van der Waals surface area (Å²) in [5.74, 6) is 2.50. The molecule has 2 aliphatic rings. The molecule has 5 atom stereocenters. The Morgan fingerprint density at radius 1 is 1.21 bits per heavy atom. The van der Waals surface area contributed by atoms with Crippen molar-refractivity contribution < 1.29 is 0 Å². The van der Waals surface area contributed by atoms with Crippen molar-refractivity contribution in [3.63, 3.8) is 0 Å². The Morgan fingerprint density at radius 3 is 2.42 bits per heavy atom. The SMILES string of the molecule is C=CCC[SiH](C)C1CC(C(C)(C)C)C2C=CC=CC21. The fourth-order valence-electron chi connectivity index (χ4n) is 4.22. The molecule has 0 aromatic heterocycles. The number of hydrogen-bond donors (Lipinski definition) is 0. The Morgan fingerprint density at radius 2 is 1.84 bits per heavy atom. The summed E-state index contributed by atoms with van der Waals surface area (Å²) >= 11 is 0. The molecule has 0 aromatic carbocycles. The van der Waals surface area contributed by atoms with E-state index >= 15 is 0 Å². The average molecular weight is 275 g/mol. The van der Waals surface area contributed by atoms with Crippen molar-refractivity contribution in [2.75, 3.05) is 0 Å². The summed E-state index contributed by atoms with van der Waals surface area (Å²) in [5.41, 5.74) is 1.44. The van der Waals surface area contributed by atoms with Crippen molar-refractivity contribution in [3.8, 4) is 0 Å². The Kier molecular flexibility index (Phi) is 4.55. The lowest BCUT2D eigenvalue weighted by Gasteiger charge is -2.33. The summed E-state index contributed by atoms with van der Waals surface area (Å²) in [6.07, 6.45) is 14.4. The smallest absolute Gasteiger partial charge is 0.0378 e. The maximum absolute atomic E-state index is 3.89.